The van der Waals surface area contributed by atoms with Gasteiger partial charge in [-0.3, -0.25) is 4.79 Å². The normalized spacial score (nSPS) is 18.9. The number of fused-ring (bicyclic) bond motifs is 1. The van der Waals surface area contributed by atoms with E-state index < -0.39 is 0 Å². The molecule has 2 aliphatic rings. The first kappa shape index (κ1) is 13.6. The molecule has 0 bridgehead atoms. The Morgan fingerprint density at radius 2 is 2.05 bits per heavy atom. The Balaban J connectivity index is 1.52. The number of nitrogens with one attached hydrogen (secondary N) is 1. The number of hydrogen-bond donors (Lipinski definition) is 1. The first-order valence-corrected chi connectivity index (χ1v) is 8.01. The topological polar surface area (TPSA) is 75.9 Å². The summed E-state index contributed by atoms with van der Waals surface area (Å²) in [6.45, 7) is 4.16. The molecule has 2 aromatic rings. The molecular formula is C15H20N6O. The van der Waals surface area contributed by atoms with Gasteiger partial charge >= 0.3 is 0 Å². The molecule has 0 atom stereocenters. The van der Waals surface area contributed by atoms with Crippen molar-refractivity contribution in [1.29, 1.82) is 0 Å². The van der Waals surface area contributed by atoms with Crippen LogP contribution >= 0.6 is 0 Å². The fraction of sp³-hybridized carbons (Fsp3) is 0.600. The summed E-state index contributed by atoms with van der Waals surface area (Å²) in [5.74, 6) is 0.800. The molecule has 0 spiro atoms. The number of amides is 1. The molecule has 0 radical (unpaired) electrons. The third-order valence-corrected chi connectivity index (χ3v) is 4.45. The minimum Gasteiger partial charge on any atom is -0.310 e. The molecule has 7 nitrogen and oxygen atoms in total. The van der Waals surface area contributed by atoms with Crippen LogP contribution in [0.1, 0.15) is 25.7 Å². The zero-order valence-corrected chi connectivity index (χ0v) is 12.5. The number of likely N-dealkylation sites (tertiary alicyclic amines) is 1. The Morgan fingerprint density at radius 1 is 1.23 bits per heavy atom. The lowest BCUT2D eigenvalue weighted by atomic mass is 10.3. The Bertz CT molecular complexity index is 686. The summed E-state index contributed by atoms with van der Waals surface area (Å²) in [6, 6.07) is 0. The van der Waals surface area contributed by atoms with Crippen molar-refractivity contribution in [2.24, 2.45) is 5.92 Å². The monoisotopic (exact) mass is 300 g/mol. The second kappa shape index (κ2) is 5.64. The first-order chi connectivity index (χ1) is 10.8. The van der Waals surface area contributed by atoms with Crippen molar-refractivity contribution in [3.05, 3.63) is 12.5 Å². The van der Waals surface area contributed by atoms with Gasteiger partial charge in [-0.05, 0) is 38.8 Å². The van der Waals surface area contributed by atoms with E-state index in [-0.39, 0.29) is 11.8 Å². The van der Waals surface area contributed by atoms with Crippen molar-refractivity contribution in [2.45, 2.75) is 32.2 Å². The second-order valence-corrected chi connectivity index (χ2v) is 6.14. The van der Waals surface area contributed by atoms with Crippen LogP contribution in [0, 0.1) is 5.92 Å². The molecule has 0 unspecified atom stereocenters. The highest BCUT2D eigenvalue weighted by Gasteiger charge is 2.30. The van der Waals surface area contributed by atoms with Crippen molar-refractivity contribution < 1.29 is 4.79 Å². The molecular weight excluding hydrogens is 280 g/mol. The lowest BCUT2D eigenvalue weighted by molar-refractivity contribution is -0.117. The van der Waals surface area contributed by atoms with E-state index >= 15 is 0 Å². The number of rotatable bonds is 5. The van der Waals surface area contributed by atoms with Crippen LogP contribution in [0.5, 0.6) is 0 Å². The molecule has 3 heterocycles. The van der Waals surface area contributed by atoms with Gasteiger partial charge in [0.15, 0.2) is 5.65 Å². The highest BCUT2D eigenvalue weighted by Crippen LogP contribution is 2.30. The van der Waals surface area contributed by atoms with Gasteiger partial charge in [0.05, 0.1) is 18.1 Å². The molecule has 7 heteroatoms. The van der Waals surface area contributed by atoms with Gasteiger partial charge in [0.25, 0.3) is 0 Å². The minimum atomic E-state index is 0.0600. The molecule has 116 valence electrons. The summed E-state index contributed by atoms with van der Waals surface area (Å²) in [4.78, 5) is 22.9. The molecule has 1 N–H and O–H groups in total. The summed E-state index contributed by atoms with van der Waals surface area (Å²) in [5.41, 5.74) is 0.792. The molecule has 1 aliphatic carbocycles. The van der Waals surface area contributed by atoms with E-state index in [0.29, 0.717) is 5.82 Å². The van der Waals surface area contributed by atoms with Crippen LogP contribution in [-0.4, -0.2) is 50.2 Å². The molecule has 1 aliphatic heterocycles. The zero-order chi connectivity index (χ0) is 14.9. The van der Waals surface area contributed by atoms with Crippen LogP contribution in [0.4, 0.5) is 5.82 Å². The van der Waals surface area contributed by atoms with E-state index in [4.69, 9.17) is 0 Å². The van der Waals surface area contributed by atoms with Crippen LogP contribution in [-0.2, 0) is 11.3 Å². The number of anilines is 1. The first-order valence-electron chi connectivity index (χ1n) is 8.01. The average Bonchev–Trinajstić information content (AvgIpc) is 3.09. The molecule has 1 amide bonds. The third kappa shape index (κ3) is 2.68. The Hall–Kier alpha value is -2.02. The van der Waals surface area contributed by atoms with E-state index in [1.807, 2.05) is 4.68 Å². The SMILES string of the molecule is O=C(Nc1ncnc2c1cnn2CCN1CCCC1)C1CC1. The van der Waals surface area contributed by atoms with E-state index in [2.05, 4.69) is 25.3 Å². The van der Waals surface area contributed by atoms with E-state index in [9.17, 15) is 4.79 Å². The predicted molar refractivity (Wildman–Crippen MR) is 82.4 cm³/mol. The lowest BCUT2D eigenvalue weighted by Crippen LogP contribution is -2.24. The van der Waals surface area contributed by atoms with Gasteiger partial charge in [-0.25, -0.2) is 14.6 Å². The summed E-state index contributed by atoms with van der Waals surface area (Å²) < 4.78 is 1.90. The molecule has 1 saturated heterocycles. The van der Waals surface area contributed by atoms with Crippen LogP contribution in [0.2, 0.25) is 0 Å². The molecule has 2 aromatic heterocycles. The van der Waals surface area contributed by atoms with Crippen LogP contribution < -0.4 is 5.32 Å². The smallest absolute Gasteiger partial charge is 0.228 e. The van der Waals surface area contributed by atoms with Gasteiger partial charge in [-0.1, -0.05) is 0 Å². The Kier molecular flexibility index (Phi) is 3.49. The van der Waals surface area contributed by atoms with Crippen molar-refractivity contribution in [3.63, 3.8) is 0 Å². The highest BCUT2D eigenvalue weighted by atomic mass is 16.2. The van der Waals surface area contributed by atoms with Crippen molar-refractivity contribution in [2.75, 3.05) is 25.0 Å². The van der Waals surface area contributed by atoms with Gasteiger partial charge in [0.1, 0.15) is 12.1 Å². The molecule has 2 fully saturated rings. The maximum absolute atomic E-state index is 11.9. The summed E-state index contributed by atoms with van der Waals surface area (Å²) in [6.07, 6.45) is 7.80. The number of hydrogen-bond acceptors (Lipinski definition) is 5. The number of aromatic nitrogens is 4. The Morgan fingerprint density at radius 3 is 2.82 bits per heavy atom. The Labute approximate surface area is 128 Å². The van der Waals surface area contributed by atoms with E-state index in [0.717, 1.165) is 37.0 Å². The van der Waals surface area contributed by atoms with Crippen LogP contribution in [0.25, 0.3) is 11.0 Å². The number of carbonyl (C=O) groups is 1. The van der Waals surface area contributed by atoms with Crippen molar-refractivity contribution >= 4 is 22.8 Å². The molecule has 4 rings (SSSR count). The highest BCUT2D eigenvalue weighted by molar-refractivity contribution is 5.99. The lowest BCUT2D eigenvalue weighted by Gasteiger charge is -2.14. The summed E-state index contributed by atoms with van der Waals surface area (Å²) >= 11 is 0. The standard InChI is InChI=1S/C15H20N6O/c22-15(11-3-4-11)19-13-12-9-18-21(14(12)17-10-16-13)8-7-20-5-1-2-6-20/h9-11H,1-8H2,(H,16,17,19,22). The van der Waals surface area contributed by atoms with Crippen LogP contribution in [0.3, 0.4) is 0 Å². The van der Waals surface area contributed by atoms with Gasteiger partial charge < -0.3 is 10.2 Å². The van der Waals surface area contributed by atoms with Gasteiger partial charge in [0, 0.05) is 12.5 Å². The fourth-order valence-corrected chi connectivity index (χ4v) is 2.96. The molecule has 0 aromatic carbocycles. The largest absolute Gasteiger partial charge is 0.310 e. The quantitative estimate of drug-likeness (QED) is 0.900. The van der Waals surface area contributed by atoms with Gasteiger partial charge in [-0.15, -0.1) is 0 Å². The third-order valence-electron chi connectivity index (χ3n) is 4.45. The molecule has 1 saturated carbocycles. The van der Waals surface area contributed by atoms with Gasteiger partial charge in [0.2, 0.25) is 5.91 Å². The predicted octanol–water partition coefficient (Wildman–Crippen LogP) is 1.27. The van der Waals surface area contributed by atoms with Gasteiger partial charge in [-0.2, -0.15) is 5.10 Å². The maximum Gasteiger partial charge on any atom is 0.228 e. The van der Waals surface area contributed by atoms with E-state index in [1.54, 1.807) is 6.20 Å². The number of nitrogens with zero attached hydrogens (tertiary/aromatic N) is 5. The summed E-state index contributed by atoms with van der Waals surface area (Å²) in [5, 5.41) is 8.14. The zero-order valence-electron chi connectivity index (χ0n) is 12.5. The fourth-order valence-electron chi connectivity index (χ4n) is 2.96. The average molecular weight is 300 g/mol. The molecule has 22 heavy (non-hydrogen) atoms. The number of carbonyl (C=O) groups excluding carboxylic acids is 1. The summed E-state index contributed by atoms with van der Waals surface area (Å²) in [7, 11) is 0. The van der Waals surface area contributed by atoms with Crippen molar-refractivity contribution in [1.82, 2.24) is 24.6 Å². The minimum absolute atomic E-state index is 0.0600. The van der Waals surface area contributed by atoms with E-state index in [1.165, 1.54) is 32.3 Å². The second-order valence-electron chi connectivity index (χ2n) is 6.14. The maximum atomic E-state index is 11.9. The van der Waals surface area contributed by atoms with Crippen LogP contribution in [0.15, 0.2) is 12.5 Å². The van der Waals surface area contributed by atoms with Crippen molar-refractivity contribution in [3.8, 4) is 0 Å².